The summed E-state index contributed by atoms with van der Waals surface area (Å²) < 4.78 is 15.8. The number of hydrogen-bond donors (Lipinski definition) is 7. The molecule has 590 valence electrons. The number of alkyl carbamates (subject to hydrolysis) is 2. The van der Waals surface area contributed by atoms with Crippen molar-refractivity contribution >= 4 is 64.8 Å². The smallest absolute Gasteiger partial charge is 0.408 e. The first kappa shape index (κ1) is 87.1. The number of nitrogens with two attached hydrogens (primary N) is 2. The number of carbonyl (C=O) groups excluding carboxylic acids is 7. The van der Waals surface area contributed by atoms with E-state index in [9.17, 15) is 48.7 Å². The van der Waals surface area contributed by atoms with E-state index >= 15 is 0 Å². The Hall–Kier alpha value is -11.1. The van der Waals surface area contributed by atoms with Crippen LogP contribution in [0.4, 0.5) is 26.7 Å². The number of hydrogen-bond acceptors (Lipinski definition) is 17. The lowest BCUT2D eigenvalue weighted by Crippen LogP contribution is -2.50. The van der Waals surface area contributed by atoms with E-state index in [-0.39, 0.29) is 67.0 Å². The second kappa shape index (κ2) is 40.5. The van der Waals surface area contributed by atoms with E-state index < -0.39 is 76.9 Å². The number of esters is 1. The Bertz CT molecular complexity index is 4320. The summed E-state index contributed by atoms with van der Waals surface area (Å²) in [6.45, 7) is 26.2. The molecule has 24 heteroatoms. The second-order valence-electron chi connectivity index (χ2n) is 30.1. The molecule has 11 rings (SSSR count). The van der Waals surface area contributed by atoms with E-state index in [2.05, 4.69) is 16.1 Å². The molecule has 10 atom stereocenters. The Morgan fingerprint density at radius 2 is 0.766 bits per heavy atom. The highest BCUT2D eigenvalue weighted by Gasteiger charge is 2.42. The van der Waals surface area contributed by atoms with Gasteiger partial charge < -0.3 is 41.4 Å². The van der Waals surface area contributed by atoms with Crippen LogP contribution < -0.4 is 42.8 Å². The molecular formula is C87H106N8O16. The maximum Gasteiger partial charge on any atom is 0.408 e. The first-order valence-electron chi connectivity index (χ1n) is 36.9. The number of amides is 6. The molecule has 3 heterocycles. The zero-order chi connectivity index (χ0) is 81.3. The van der Waals surface area contributed by atoms with Crippen LogP contribution in [-0.2, 0) is 77.3 Å². The number of para-hydroxylation sites is 3. The summed E-state index contributed by atoms with van der Waals surface area (Å²) in [5.41, 5.74) is 21.9. The SMILES string of the molecule is C[C@@H](c1ccccc1)[C@H](NC(=O)OC(C)(C)C)C(=O)NOCc1ccccc1.C[C@@H](c1ccccc1)[C@H](NC(=O)OC(C)(C)C)C(=O)O.C[C@H]1c2ccccc2N(O)C(=O)[C@H]1N.C[C@H]1c2ccccc2N(OCc2ccccc2)C(=O)[C@H]1CC(=O)OC(C)(C)C.C[C@H]1c2ccccc2N(OCc2ccccc2)C(=O)[C@H]1N. The molecule has 6 amide bonds. The van der Waals surface area contributed by atoms with Gasteiger partial charge in [0, 0.05) is 23.7 Å². The summed E-state index contributed by atoms with van der Waals surface area (Å²) in [6, 6.07) is 67.1. The van der Waals surface area contributed by atoms with Gasteiger partial charge in [0.2, 0.25) is 0 Å². The quantitative estimate of drug-likeness (QED) is 0.0171. The van der Waals surface area contributed by atoms with Gasteiger partial charge in [0.05, 0.1) is 48.1 Å². The number of aliphatic carboxylic acids is 1. The fourth-order valence-corrected chi connectivity index (χ4v) is 12.1. The lowest BCUT2D eigenvalue weighted by molar-refractivity contribution is -0.158. The van der Waals surface area contributed by atoms with E-state index in [1.54, 1.807) is 60.6 Å². The third-order valence-corrected chi connectivity index (χ3v) is 18.1. The number of benzene rings is 8. The number of carbonyl (C=O) groups is 8. The van der Waals surface area contributed by atoms with Gasteiger partial charge in [-0.3, -0.25) is 43.7 Å². The lowest BCUT2D eigenvalue weighted by Gasteiger charge is -2.37. The fourth-order valence-electron chi connectivity index (χ4n) is 12.1. The lowest BCUT2D eigenvalue weighted by atomic mass is 9.81. The molecule has 0 aliphatic carbocycles. The number of fused-ring (bicyclic) bond motifs is 3. The van der Waals surface area contributed by atoms with Gasteiger partial charge in [-0.15, -0.1) is 0 Å². The number of carboxylic acid groups (broad SMARTS) is 1. The average molecular weight is 1520 g/mol. The van der Waals surface area contributed by atoms with Gasteiger partial charge >= 0.3 is 24.1 Å². The molecule has 0 unspecified atom stereocenters. The predicted molar refractivity (Wildman–Crippen MR) is 424 cm³/mol. The zero-order valence-corrected chi connectivity index (χ0v) is 65.6. The number of anilines is 3. The molecule has 0 fully saturated rings. The number of hydroxylamine groups is 4. The normalized spacial score (nSPS) is 18.1. The first-order chi connectivity index (χ1) is 52.5. The number of carboxylic acids is 1. The summed E-state index contributed by atoms with van der Waals surface area (Å²) in [7, 11) is 0. The highest BCUT2D eigenvalue weighted by Crippen LogP contribution is 2.42. The van der Waals surface area contributed by atoms with E-state index in [0.29, 0.717) is 17.4 Å². The topological polar surface area (TPSA) is 330 Å². The van der Waals surface area contributed by atoms with Crippen LogP contribution in [0.3, 0.4) is 0 Å². The highest BCUT2D eigenvalue weighted by molar-refractivity contribution is 6.00. The third kappa shape index (κ3) is 26.0. The Kier molecular flexibility index (Phi) is 31.8. The summed E-state index contributed by atoms with van der Waals surface area (Å²) in [6.07, 6.45) is -1.36. The van der Waals surface area contributed by atoms with Gasteiger partial charge in [0.25, 0.3) is 23.6 Å². The van der Waals surface area contributed by atoms with Crippen molar-refractivity contribution in [3.8, 4) is 0 Å². The van der Waals surface area contributed by atoms with Gasteiger partial charge in [0.1, 0.15) is 42.1 Å². The van der Waals surface area contributed by atoms with Gasteiger partial charge in [-0.2, -0.15) is 15.2 Å². The standard InChI is InChI=1S/C23H27NO4.C22H28N2O4.C17H18N2O2.C15H21NO4.C10H12N2O2/c1-16-18-12-8-9-13-20(18)24(27-15-17-10-6-5-7-11-17)22(26)19(16)14-21(25)28-23(2,3)4;1-16(18-13-9-6-10-14-18)19(23-21(26)28-22(2,3)4)20(25)24-27-15-17-11-7-5-8-12-17;1-12-14-9-5-6-10-15(14)19(17(20)16(12)18)21-11-13-7-3-2-4-8-13;1-10(11-8-6-5-7-9-11)12(13(17)18)16-14(19)20-15(2,3)4;1-6-7-4-2-3-5-8(7)12(14)10(13)9(6)11/h5-13,16,19H,14-15H2,1-4H3;5-14,16,19H,15H2,1-4H3,(H,23,26)(H,24,25);2-10,12,16H,11,18H2,1H3;5-10,12H,1-4H3,(H,16,19)(H,17,18);2-6,9,14H,11H2,1H3/t2*16-,19-;12-,16-;10-,12-;6-,9-/m00000/s1. The molecule has 0 spiro atoms. The van der Waals surface area contributed by atoms with E-state index in [1.807, 2.05) is 261 Å². The van der Waals surface area contributed by atoms with Crippen molar-refractivity contribution in [1.29, 1.82) is 0 Å². The fraction of sp³-hybridized carbons (Fsp3) is 0.356. The largest absolute Gasteiger partial charge is 0.480 e. The molecule has 3 aliphatic heterocycles. The predicted octanol–water partition coefficient (Wildman–Crippen LogP) is 14.8. The van der Waals surface area contributed by atoms with Crippen molar-refractivity contribution in [3.05, 3.63) is 269 Å². The average Bonchev–Trinajstić information content (AvgIpc) is 0.779. The molecule has 0 aromatic heterocycles. The molecular weight excluding hydrogens is 1410 g/mol. The van der Waals surface area contributed by atoms with Crippen LogP contribution in [-0.4, -0.2) is 99.0 Å². The maximum atomic E-state index is 13.2. The minimum atomic E-state index is -1.09. The maximum absolute atomic E-state index is 13.2. The first-order valence-corrected chi connectivity index (χ1v) is 36.9. The van der Waals surface area contributed by atoms with Gasteiger partial charge in [0.15, 0.2) is 0 Å². The summed E-state index contributed by atoms with van der Waals surface area (Å²) in [5, 5.41) is 27.2. The molecule has 24 nitrogen and oxygen atoms in total. The van der Waals surface area contributed by atoms with Gasteiger partial charge in [-0.25, -0.2) is 19.9 Å². The third-order valence-electron chi connectivity index (χ3n) is 18.1. The van der Waals surface area contributed by atoms with Crippen molar-refractivity contribution in [1.82, 2.24) is 16.1 Å². The van der Waals surface area contributed by atoms with Crippen LogP contribution in [0.5, 0.6) is 0 Å². The molecule has 0 radical (unpaired) electrons. The molecule has 8 aromatic rings. The second-order valence-corrected chi connectivity index (χ2v) is 30.1. The summed E-state index contributed by atoms with van der Waals surface area (Å²) in [5.74, 6) is -4.11. The number of ether oxygens (including phenoxy) is 3. The summed E-state index contributed by atoms with van der Waals surface area (Å²) in [4.78, 5) is 114. The van der Waals surface area contributed by atoms with Crippen LogP contribution in [0, 0.1) is 5.92 Å². The Balaban J connectivity index is 0.000000196. The Morgan fingerprint density at radius 3 is 1.18 bits per heavy atom. The van der Waals surface area contributed by atoms with Crippen LogP contribution in [0.25, 0.3) is 0 Å². The van der Waals surface area contributed by atoms with Crippen molar-refractivity contribution in [2.45, 2.75) is 194 Å². The van der Waals surface area contributed by atoms with E-state index in [4.69, 9.17) is 40.2 Å². The van der Waals surface area contributed by atoms with Gasteiger partial charge in [-0.05, 0) is 131 Å². The van der Waals surface area contributed by atoms with Crippen LogP contribution in [0.2, 0.25) is 0 Å². The number of rotatable bonds is 19. The van der Waals surface area contributed by atoms with Crippen LogP contribution in [0.1, 0.15) is 177 Å². The minimum absolute atomic E-state index is 0.00900. The van der Waals surface area contributed by atoms with Crippen molar-refractivity contribution < 1.29 is 77.4 Å². The molecule has 9 N–H and O–H groups in total. The van der Waals surface area contributed by atoms with E-state index in [1.165, 1.54) is 10.1 Å². The molecule has 0 bridgehead atoms. The molecule has 3 aliphatic rings. The highest BCUT2D eigenvalue weighted by atomic mass is 16.7. The number of nitrogens with zero attached hydrogens (tertiary/aromatic N) is 3. The van der Waals surface area contributed by atoms with Crippen molar-refractivity contribution in [3.63, 3.8) is 0 Å². The van der Waals surface area contributed by atoms with Crippen molar-refractivity contribution in [2.75, 3.05) is 15.2 Å². The van der Waals surface area contributed by atoms with Crippen LogP contribution in [0.15, 0.2) is 224 Å². The van der Waals surface area contributed by atoms with Gasteiger partial charge in [-0.1, -0.05) is 241 Å². The molecule has 111 heavy (non-hydrogen) atoms. The summed E-state index contributed by atoms with van der Waals surface area (Å²) >= 11 is 0. The van der Waals surface area contributed by atoms with Crippen LogP contribution >= 0.6 is 0 Å². The Morgan fingerprint density at radius 1 is 0.432 bits per heavy atom. The number of nitrogens with one attached hydrogen (secondary N) is 3. The van der Waals surface area contributed by atoms with Crippen molar-refractivity contribution in [2.24, 2.45) is 17.4 Å². The molecule has 8 aromatic carbocycles. The molecule has 0 saturated heterocycles. The Labute approximate surface area is 650 Å². The van der Waals surface area contributed by atoms with E-state index in [0.717, 1.165) is 55.9 Å². The minimum Gasteiger partial charge on any atom is -0.480 e. The monoisotopic (exact) mass is 1520 g/mol. The molecule has 0 saturated carbocycles. The zero-order valence-electron chi connectivity index (χ0n) is 65.6.